The Hall–Kier alpha value is -1.89. The zero-order valence-electron chi connectivity index (χ0n) is 17.9. The first-order valence-electron chi connectivity index (χ1n) is 11.1. The predicted octanol–water partition coefficient (Wildman–Crippen LogP) is 1.89. The maximum absolute atomic E-state index is 13.3. The molecule has 1 fully saturated rings. The number of likely N-dealkylation sites (tertiary alicyclic amines) is 1. The maximum Gasteiger partial charge on any atom is 0.310 e. The normalized spacial score (nSPS) is 28.3. The molecule has 0 aromatic heterocycles. The van der Waals surface area contributed by atoms with Gasteiger partial charge in [0, 0.05) is 19.0 Å². The van der Waals surface area contributed by atoms with E-state index in [9.17, 15) is 19.5 Å². The van der Waals surface area contributed by atoms with Crippen molar-refractivity contribution in [2.24, 2.45) is 23.7 Å². The van der Waals surface area contributed by atoms with Crippen LogP contribution in [0.15, 0.2) is 12.2 Å². The molecule has 0 aromatic rings. The number of aliphatic hydroxyl groups excluding tert-OH is 1. The first-order valence-corrected chi connectivity index (χ1v) is 11.1. The van der Waals surface area contributed by atoms with E-state index < -0.39 is 17.9 Å². The molecule has 7 heteroatoms. The summed E-state index contributed by atoms with van der Waals surface area (Å²) in [6.45, 7) is 6.57. The standard InChI is InChI=1S/C22H36N2O5/c1-4-7-8-12-23-20(26)19-16-11-10-15(9-5-2)17(22(28)29-6-3)18(16)21(27)24(19)13-14-25/h10-11,15-19,25H,4-9,12-14H2,1-3H3,(H,23,26)/t15-,16+,17-,18+,19+/m1/s1. The second-order valence-corrected chi connectivity index (χ2v) is 7.92. The summed E-state index contributed by atoms with van der Waals surface area (Å²) in [5.41, 5.74) is 0. The molecule has 0 unspecified atom stereocenters. The van der Waals surface area contributed by atoms with E-state index in [1.54, 1.807) is 6.92 Å². The number of nitrogens with zero attached hydrogens (tertiary/aromatic N) is 1. The largest absolute Gasteiger partial charge is 0.466 e. The number of rotatable bonds is 11. The number of unbranched alkanes of at least 4 members (excludes halogenated alkanes) is 2. The van der Waals surface area contributed by atoms with Gasteiger partial charge in [-0.3, -0.25) is 14.4 Å². The Morgan fingerprint density at radius 3 is 2.55 bits per heavy atom. The summed E-state index contributed by atoms with van der Waals surface area (Å²) in [7, 11) is 0. The van der Waals surface area contributed by atoms with Gasteiger partial charge in [0.25, 0.3) is 0 Å². The van der Waals surface area contributed by atoms with Crippen molar-refractivity contribution in [1.82, 2.24) is 10.2 Å². The zero-order chi connectivity index (χ0) is 21.4. The van der Waals surface area contributed by atoms with Crippen LogP contribution in [0.1, 0.15) is 52.9 Å². The molecule has 1 aliphatic heterocycles. The van der Waals surface area contributed by atoms with Gasteiger partial charge in [-0.25, -0.2) is 0 Å². The highest BCUT2D eigenvalue weighted by Gasteiger charge is 2.57. The van der Waals surface area contributed by atoms with E-state index in [-0.39, 0.29) is 49.4 Å². The van der Waals surface area contributed by atoms with Crippen molar-refractivity contribution in [3.8, 4) is 0 Å². The summed E-state index contributed by atoms with van der Waals surface area (Å²) in [5, 5.41) is 12.4. The molecule has 0 aromatic carbocycles. The predicted molar refractivity (Wildman–Crippen MR) is 110 cm³/mol. The van der Waals surface area contributed by atoms with Gasteiger partial charge in [-0.1, -0.05) is 45.3 Å². The Morgan fingerprint density at radius 1 is 1.17 bits per heavy atom. The lowest BCUT2D eigenvalue weighted by molar-refractivity contribution is -0.155. The molecule has 0 bridgehead atoms. The molecule has 7 nitrogen and oxygen atoms in total. The van der Waals surface area contributed by atoms with Gasteiger partial charge in [0.1, 0.15) is 6.04 Å². The molecule has 2 rings (SSSR count). The minimum atomic E-state index is -0.697. The molecule has 2 amide bonds. The highest BCUT2D eigenvalue weighted by molar-refractivity contribution is 5.96. The third-order valence-electron chi connectivity index (χ3n) is 5.98. The fourth-order valence-electron chi connectivity index (χ4n) is 4.71. The average Bonchev–Trinajstić information content (AvgIpc) is 2.98. The smallest absolute Gasteiger partial charge is 0.310 e. The number of β-amino-alcohol motifs (C(OH)–C–C–N with tert-alkyl or cyclic N) is 1. The molecule has 1 aliphatic carbocycles. The van der Waals surface area contributed by atoms with Crippen molar-refractivity contribution in [2.45, 2.75) is 58.9 Å². The summed E-state index contributed by atoms with van der Waals surface area (Å²) >= 11 is 0. The molecular weight excluding hydrogens is 372 g/mol. The SMILES string of the molecule is CCCCCNC(=O)[C@@H]1[C@H]2C=C[C@@H](CCC)[C@@H](C(=O)OCC)[C@H]2C(=O)N1CCO. The third kappa shape index (κ3) is 5.18. The van der Waals surface area contributed by atoms with E-state index in [1.165, 1.54) is 4.90 Å². The van der Waals surface area contributed by atoms with Crippen LogP contribution >= 0.6 is 0 Å². The molecule has 29 heavy (non-hydrogen) atoms. The van der Waals surface area contributed by atoms with Crippen molar-refractivity contribution in [1.29, 1.82) is 0 Å². The van der Waals surface area contributed by atoms with Gasteiger partial charge in [-0.05, 0) is 25.7 Å². The molecule has 2 N–H and O–H groups in total. The quantitative estimate of drug-likeness (QED) is 0.309. The fraction of sp³-hybridized carbons (Fsp3) is 0.773. The van der Waals surface area contributed by atoms with Crippen LogP contribution in [0.2, 0.25) is 0 Å². The number of esters is 1. The van der Waals surface area contributed by atoms with Crippen molar-refractivity contribution < 1.29 is 24.2 Å². The number of carbonyl (C=O) groups is 3. The van der Waals surface area contributed by atoms with Gasteiger partial charge in [0.15, 0.2) is 0 Å². The van der Waals surface area contributed by atoms with E-state index >= 15 is 0 Å². The monoisotopic (exact) mass is 408 g/mol. The Balaban J connectivity index is 2.31. The highest BCUT2D eigenvalue weighted by atomic mass is 16.5. The van der Waals surface area contributed by atoms with Crippen molar-refractivity contribution in [3.63, 3.8) is 0 Å². The molecule has 0 saturated carbocycles. The van der Waals surface area contributed by atoms with Crippen LogP contribution in [0.5, 0.6) is 0 Å². The molecule has 5 atom stereocenters. The van der Waals surface area contributed by atoms with E-state index in [4.69, 9.17) is 4.74 Å². The van der Waals surface area contributed by atoms with E-state index in [1.807, 2.05) is 19.1 Å². The van der Waals surface area contributed by atoms with Crippen molar-refractivity contribution >= 4 is 17.8 Å². The number of amides is 2. The summed E-state index contributed by atoms with van der Waals surface area (Å²) in [5.74, 6) is -2.48. The second-order valence-electron chi connectivity index (χ2n) is 7.92. The number of fused-ring (bicyclic) bond motifs is 1. The molecule has 1 heterocycles. The number of hydrogen-bond acceptors (Lipinski definition) is 5. The Labute approximate surface area is 173 Å². The van der Waals surface area contributed by atoms with E-state index in [0.29, 0.717) is 6.54 Å². The minimum Gasteiger partial charge on any atom is -0.466 e. The fourth-order valence-corrected chi connectivity index (χ4v) is 4.71. The molecule has 0 spiro atoms. The van der Waals surface area contributed by atoms with Gasteiger partial charge in [0.05, 0.1) is 25.0 Å². The number of allylic oxidation sites excluding steroid dienone is 1. The summed E-state index contributed by atoms with van der Waals surface area (Å²) in [4.78, 5) is 40.5. The van der Waals surface area contributed by atoms with Crippen molar-refractivity contribution in [3.05, 3.63) is 12.2 Å². The molecule has 2 aliphatic rings. The Bertz CT molecular complexity index is 606. The van der Waals surface area contributed by atoms with Crippen LogP contribution in [0.3, 0.4) is 0 Å². The topological polar surface area (TPSA) is 95.9 Å². The van der Waals surface area contributed by atoms with Crippen LogP contribution in [0, 0.1) is 23.7 Å². The lowest BCUT2D eigenvalue weighted by atomic mass is 9.69. The molecule has 164 valence electrons. The molecule has 0 radical (unpaired) electrons. The molecular formula is C22H36N2O5. The minimum absolute atomic E-state index is 0.0772. The summed E-state index contributed by atoms with van der Waals surface area (Å²) in [6.07, 6.45) is 8.56. The first kappa shape index (κ1) is 23.4. The van der Waals surface area contributed by atoms with Crippen LogP contribution in [-0.4, -0.2) is 60.1 Å². The van der Waals surface area contributed by atoms with Crippen LogP contribution in [-0.2, 0) is 19.1 Å². The Morgan fingerprint density at radius 2 is 1.93 bits per heavy atom. The van der Waals surface area contributed by atoms with Gasteiger partial charge in [0.2, 0.25) is 11.8 Å². The maximum atomic E-state index is 13.3. The number of hydrogen-bond donors (Lipinski definition) is 2. The van der Waals surface area contributed by atoms with Crippen molar-refractivity contribution in [2.75, 3.05) is 26.3 Å². The van der Waals surface area contributed by atoms with E-state index in [2.05, 4.69) is 12.2 Å². The van der Waals surface area contributed by atoms with Crippen LogP contribution in [0.4, 0.5) is 0 Å². The lowest BCUT2D eigenvalue weighted by Gasteiger charge is -2.33. The number of ether oxygens (including phenoxy) is 1. The molecule has 1 saturated heterocycles. The highest BCUT2D eigenvalue weighted by Crippen LogP contribution is 2.45. The summed E-state index contributed by atoms with van der Waals surface area (Å²) in [6, 6.07) is -0.697. The number of carbonyl (C=O) groups excluding carboxylic acids is 3. The van der Waals surface area contributed by atoms with Gasteiger partial charge in [-0.15, -0.1) is 0 Å². The van der Waals surface area contributed by atoms with Gasteiger partial charge in [-0.2, -0.15) is 0 Å². The zero-order valence-corrected chi connectivity index (χ0v) is 17.9. The van der Waals surface area contributed by atoms with Gasteiger partial charge >= 0.3 is 5.97 Å². The second kappa shape index (κ2) is 11.3. The van der Waals surface area contributed by atoms with Crippen LogP contribution in [0.25, 0.3) is 0 Å². The third-order valence-corrected chi connectivity index (χ3v) is 5.98. The number of nitrogens with one attached hydrogen (secondary N) is 1. The van der Waals surface area contributed by atoms with Crippen LogP contribution < -0.4 is 5.32 Å². The lowest BCUT2D eigenvalue weighted by Crippen LogP contribution is -2.48. The van der Waals surface area contributed by atoms with E-state index in [0.717, 1.165) is 32.1 Å². The average molecular weight is 409 g/mol. The first-order chi connectivity index (χ1) is 14.0. The Kier molecular flexibility index (Phi) is 9.14. The van der Waals surface area contributed by atoms with Gasteiger partial charge < -0.3 is 20.1 Å². The summed E-state index contributed by atoms with van der Waals surface area (Å²) < 4.78 is 5.30. The number of aliphatic hydroxyl groups is 1.